The zero-order chi connectivity index (χ0) is 16.4. The molecule has 1 fully saturated rings. The lowest BCUT2D eigenvalue weighted by molar-refractivity contribution is 0.0912. The molecular formula is C21H25NO2. The first-order valence-corrected chi connectivity index (χ1v) is 8.97. The Bertz CT molecular complexity index is 674. The highest BCUT2D eigenvalue weighted by Crippen LogP contribution is 2.35. The fourth-order valence-corrected chi connectivity index (χ4v) is 3.50. The third-order valence-corrected chi connectivity index (χ3v) is 5.14. The monoisotopic (exact) mass is 323 g/mol. The van der Waals surface area contributed by atoms with Gasteiger partial charge in [-0.2, -0.15) is 0 Å². The third-order valence-electron chi connectivity index (χ3n) is 5.14. The van der Waals surface area contributed by atoms with Gasteiger partial charge < -0.3 is 9.47 Å². The molecule has 2 heterocycles. The van der Waals surface area contributed by atoms with Crippen LogP contribution >= 0.6 is 0 Å². The lowest BCUT2D eigenvalue weighted by Crippen LogP contribution is -2.32. The average molecular weight is 323 g/mol. The van der Waals surface area contributed by atoms with Crippen LogP contribution in [0.2, 0.25) is 0 Å². The third kappa shape index (κ3) is 3.41. The van der Waals surface area contributed by atoms with Crippen molar-refractivity contribution in [2.45, 2.75) is 32.4 Å². The topological polar surface area (TPSA) is 21.7 Å². The van der Waals surface area contributed by atoms with Crippen molar-refractivity contribution in [1.29, 1.82) is 0 Å². The molecule has 1 saturated heterocycles. The highest BCUT2D eigenvalue weighted by Gasteiger charge is 2.22. The van der Waals surface area contributed by atoms with E-state index in [1.54, 1.807) is 0 Å². The molecule has 3 heteroatoms. The van der Waals surface area contributed by atoms with Gasteiger partial charge in [-0.15, -0.1) is 0 Å². The molecule has 0 spiro atoms. The van der Waals surface area contributed by atoms with Crippen molar-refractivity contribution in [3.63, 3.8) is 0 Å². The van der Waals surface area contributed by atoms with Crippen LogP contribution in [0.1, 0.15) is 37.0 Å². The van der Waals surface area contributed by atoms with E-state index < -0.39 is 0 Å². The molecule has 0 saturated carbocycles. The molecule has 4 rings (SSSR count). The Balaban J connectivity index is 1.39. The quantitative estimate of drug-likeness (QED) is 0.834. The summed E-state index contributed by atoms with van der Waals surface area (Å²) in [5.41, 5.74) is 2.56. The van der Waals surface area contributed by atoms with Crippen LogP contribution in [0.4, 0.5) is 0 Å². The zero-order valence-electron chi connectivity index (χ0n) is 14.3. The van der Waals surface area contributed by atoms with Gasteiger partial charge in [0, 0.05) is 6.54 Å². The first kappa shape index (κ1) is 15.5. The van der Waals surface area contributed by atoms with Crippen LogP contribution in [0.5, 0.6) is 11.5 Å². The summed E-state index contributed by atoms with van der Waals surface area (Å²) in [5, 5.41) is 0. The predicted octanol–water partition coefficient (Wildman–Crippen LogP) is 4.43. The largest absolute Gasteiger partial charge is 0.485 e. The van der Waals surface area contributed by atoms with Gasteiger partial charge >= 0.3 is 0 Å². The van der Waals surface area contributed by atoms with Crippen molar-refractivity contribution in [1.82, 2.24) is 4.90 Å². The summed E-state index contributed by atoms with van der Waals surface area (Å²) >= 11 is 0. The number of hydrogen-bond donors (Lipinski definition) is 0. The minimum absolute atomic E-state index is 0.0233. The van der Waals surface area contributed by atoms with Crippen molar-refractivity contribution < 1.29 is 9.47 Å². The second-order valence-corrected chi connectivity index (χ2v) is 7.06. The van der Waals surface area contributed by atoms with Gasteiger partial charge in [0.05, 0.1) is 0 Å². The van der Waals surface area contributed by atoms with E-state index in [0.29, 0.717) is 6.61 Å². The summed E-state index contributed by atoms with van der Waals surface area (Å²) in [6, 6.07) is 16.7. The first-order valence-electron chi connectivity index (χ1n) is 8.97. The summed E-state index contributed by atoms with van der Waals surface area (Å²) in [5.74, 6) is 2.56. The maximum Gasteiger partial charge on any atom is 0.162 e. The Morgan fingerprint density at radius 3 is 2.42 bits per heavy atom. The Kier molecular flexibility index (Phi) is 4.44. The van der Waals surface area contributed by atoms with E-state index in [2.05, 4.69) is 36.1 Å². The molecule has 2 aromatic rings. The number of ether oxygens (including phenoxy) is 2. The van der Waals surface area contributed by atoms with Crippen LogP contribution < -0.4 is 9.47 Å². The summed E-state index contributed by atoms with van der Waals surface area (Å²) < 4.78 is 11.9. The van der Waals surface area contributed by atoms with Crippen molar-refractivity contribution in [3.8, 4) is 11.5 Å². The minimum atomic E-state index is -0.0233. The Morgan fingerprint density at radius 2 is 1.67 bits per heavy atom. The van der Waals surface area contributed by atoms with E-state index in [9.17, 15) is 0 Å². The molecule has 0 aromatic heterocycles. The molecule has 2 aliphatic heterocycles. The number of fused-ring (bicyclic) bond motifs is 1. The summed E-state index contributed by atoms with van der Waals surface area (Å²) in [6.45, 7) is 6.42. The van der Waals surface area contributed by atoms with Gasteiger partial charge in [-0.25, -0.2) is 0 Å². The number of hydrogen-bond acceptors (Lipinski definition) is 3. The Labute approximate surface area is 144 Å². The Hall–Kier alpha value is -2.00. The van der Waals surface area contributed by atoms with Crippen LogP contribution in [0.25, 0.3) is 0 Å². The van der Waals surface area contributed by atoms with E-state index in [1.165, 1.54) is 37.1 Å². The highest BCUT2D eigenvalue weighted by molar-refractivity contribution is 5.41. The molecular weight excluding hydrogens is 298 g/mol. The molecule has 1 unspecified atom stereocenters. The fourth-order valence-electron chi connectivity index (χ4n) is 3.50. The molecule has 0 radical (unpaired) electrons. The molecule has 1 atom stereocenters. The molecule has 0 amide bonds. The lowest BCUT2D eigenvalue weighted by Gasteiger charge is -2.30. The average Bonchev–Trinajstić information content (AvgIpc) is 2.64. The lowest BCUT2D eigenvalue weighted by atomic mass is 9.98. The SMILES string of the molecule is CC1CCN(Cc2ccc(C3COc4ccccc4O3)cc2)CC1. The van der Waals surface area contributed by atoms with E-state index in [4.69, 9.17) is 9.47 Å². The maximum atomic E-state index is 6.08. The van der Waals surface area contributed by atoms with Crippen LogP contribution in [-0.4, -0.2) is 24.6 Å². The van der Waals surface area contributed by atoms with E-state index in [-0.39, 0.29) is 6.10 Å². The summed E-state index contributed by atoms with van der Waals surface area (Å²) in [6.07, 6.45) is 2.62. The van der Waals surface area contributed by atoms with Crippen molar-refractivity contribution in [3.05, 3.63) is 59.7 Å². The summed E-state index contributed by atoms with van der Waals surface area (Å²) in [4.78, 5) is 2.56. The Morgan fingerprint density at radius 1 is 0.958 bits per heavy atom. The fraction of sp³-hybridized carbons (Fsp3) is 0.429. The van der Waals surface area contributed by atoms with Crippen LogP contribution in [0.15, 0.2) is 48.5 Å². The number of nitrogens with zero attached hydrogens (tertiary/aromatic N) is 1. The maximum absolute atomic E-state index is 6.08. The van der Waals surface area contributed by atoms with Crippen LogP contribution in [-0.2, 0) is 6.54 Å². The van der Waals surface area contributed by atoms with Gasteiger partial charge in [0.15, 0.2) is 17.6 Å². The molecule has 0 N–H and O–H groups in total. The molecule has 0 bridgehead atoms. The molecule has 3 nitrogen and oxygen atoms in total. The van der Waals surface area contributed by atoms with Crippen LogP contribution in [0, 0.1) is 5.92 Å². The number of likely N-dealkylation sites (tertiary alicyclic amines) is 1. The van der Waals surface area contributed by atoms with E-state index in [1.807, 2.05) is 24.3 Å². The highest BCUT2D eigenvalue weighted by atomic mass is 16.6. The van der Waals surface area contributed by atoms with Gasteiger partial charge in [0.25, 0.3) is 0 Å². The van der Waals surface area contributed by atoms with Crippen LogP contribution in [0.3, 0.4) is 0 Å². The standard InChI is InChI=1S/C21H25NO2/c1-16-10-12-22(13-11-16)14-17-6-8-18(9-7-17)21-15-23-19-4-2-3-5-20(19)24-21/h2-9,16,21H,10-15H2,1H3. The molecule has 2 aliphatic rings. The molecule has 24 heavy (non-hydrogen) atoms. The van der Waals surface area contributed by atoms with Crippen molar-refractivity contribution in [2.75, 3.05) is 19.7 Å². The second kappa shape index (κ2) is 6.86. The molecule has 126 valence electrons. The number of piperidine rings is 1. The van der Waals surface area contributed by atoms with Gasteiger partial charge in [0.1, 0.15) is 6.61 Å². The van der Waals surface area contributed by atoms with E-state index >= 15 is 0 Å². The van der Waals surface area contributed by atoms with Gasteiger partial charge in [-0.3, -0.25) is 4.90 Å². The summed E-state index contributed by atoms with van der Waals surface area (Å²) in [7, 11) is 0. The normalized spacial score (nSPS) is 21.6. The van der Waals surface area contributed by atoms with E-state index in [0.717, 1.165) is 24.0 Å². The first-order chi connectivity index (χ1) is 11.8. The predicted molar refractivity (Wildman–Crippen MR) is 95.4 cm³/mol. The number of rotatable bonds is 3. The smallest absolute Gasteiger partial charge is 0.162 e. The van der Waals surface area contributed by atoms with Crippen molar-refractivity contribution >= 4 is 0 Å². The number of benzene rings is 2. The molecule has 2 aromatic carbocycles. The molecule has 0 aliphatic carbocycles. The van der Waals surface area contributed by atoms with Gasteiger partial charge in [-0.1, -0.05) is 43.3 Å². The minimum Gasteiger partial charge on any atom is -0.485 e. The number of para-hydroxylation sites is 2. The van der Waals surface area contributed by atoms with Gasteiger partial charge in [0.2, 0.25) is 0 Å². The van der Waals surface area contributed by atoms with Crippen molar-refractivity contribution in [2.24, 2.45) is 5.92 Å². The zero-order valence-corrected chi connectivity index (χ0v) is 14.3. The van der Waals surface area contributed by atoms with Gasteiger partial charge in [-0.05, 0) is 55.1 Å². The second-order valence-electron chi connectivity index (χ2n) is 7.06.